The van der Waals surface area contributed by atoms with Crippen LogP contribution in [0.4, 0.5) is 4.79 Å². The summed E-state index contributed by atoms with van der Waals surface area (Å²) in [5.41, 5.74) is 6.81. The van der Waals surface area contributed by atoms with Crippen molar-refractivity contribution in [2.45, 2.75) is 32.0 Å². The summed E-state index contributed by atoms with van der Waals surface area (Å²) in [7, 11) is 0. The van der Waals surface area contributed by atoms with Gasteiger partial charge < -0.3 is 15.4 Å². The number of likely N-dealkylation sites (tertiary alicyclic amines) is 1. The Bertz CT molecular complexity index is 380. The van der Waals surface area contributed by atoms with E-state index in [2.05, 4.69) is 0 Å². The first-order valence-electron chi connectivity index (χ1n) is 5.89. The van der Waals surface area contributed by atoms with Gasteiger partial charge in [-0.05, 0) is 18.9 Å². The number of hydrogen-bond acceptors (Lipinski definition) is 3. The number of hydrogen-bond donors (Lipinski definition) is 1. The minimum Gasteiger partial charge on any atom is -0.445 e. The van der Waals surface area contributed by atoms with Gasteiger partial charge in [-0.3, -0.25) is 0 Å². The molecule has 92 valence electrons. The fourth-order valence-electron chi connectivity index (χ4n) is 2.13. The molecule has 0 aromatic heterocycles. The van der Waals surface area contributed by atoms with Crippen molar-refractivity contribution in [1.82, 2.24) is 4.90 Å². The van der Waals surface area contributed by atoms with Gasteiger partial charge in [0.1, 0.15) is 6.61 Å². The Morgan fingerprint density at radius 1 is 1.47 bits per heavy atom. The summed E-state index contributed by atoms with van der Waals surface area (Å²) < 4.78 is 5.26. The smallest absolute Gasteiger partial charge is 0.410 e. The highest BCUT2D eigenvalue weighted by Gasteiger charge is 2.31. The molecule has 2 rings (SSSR count). The molecular formula is C13H18N2O2. The van der Waals surface area contributed by atoms with E-state index in [0.29, 0.717) is 13.2 Å². The second-order valence-corrected chi connectivity index (χ2v) is 4.54. The fraction of sp³-hybridized carbons (Fsp3) is 0.462. The molecule has 4 heteroatoms. The molecule has 1 aromatic rings. The van der Waals surface area contributed by atoms with Crippen LogP contribution in [0.5, 0.6) is 0 Å². The topological polar surface area (TPSA) is 55.6 Å². The lowest BCUT2D eigenvalue weighted by Gasteiger charge is -2.20. The second kappa shape index (κ2) is 5.19. The summed E-state index contributed by atoms with van der Waals surface area (Å²) in [6, 6.07) is 9.92. The van der Waals surface area contributed by atoms with E-state index in [1.165, 1.54) is 0 Å². The molecule has 1 aliphatic rings. The van der Waals surface area contributed by atoms with Crippen molar-refractivity contribution < 1.29 is 9.53 Å². The molecular weight excluding hydrogens is 216 g/mol. The first-order valence-corrected chi connectivity index (χ1v) is 5.89. The van der Waals surface area contributed by atoms with Crippen molar-refractivity contribution in [2.75, 3.05) is 6.54 Å². The van der Waals surface area contributed by atoms with Crippen LogP contribution in [-0.2, 0) is 11.3 Å². The van der Waals surface area contributed by atoms with Gasteiger partial charge in [0.15, 0.2) is 0 Å². The van der Waals surface area contributed by atoms with Crippen molar-refractivity contribution in [3.8, 4) is 0 Å². The molecule has 1 heterocycles. The maximum absolute atomic E-state index is 11.8. The van der Waals surface area contributed by atoms with Crippen LogP contribution in [0.25, 0.3) is 0 Å². The molecule has 0 unspecified atom stereocenters. The monoisotopic (exact) mass is 234 g/mol. The third-order valence-electron chi connectivity index (χ3n) is 3.05. The highest BCUT2D eigenvalue weighted by atomic mass is 16.6. The number of nitrogens with two attached hydrogens (primary N) is 1. The summed E-state index contributed by atoms with van der Waals surface area (Å²) in [5, 5.41) is 0. The highest BCUT2D eigenvalue weighted by Crippen LogP contribution is 2.17. The summed E-state index contributed by atoms with van der Waals surface area (Å²) >= 11 is 0. The van der Waals surface area contributed by atoms with Gasteiger partial charge in [-0.15, -0.1) is 0 Å². The Balaban J connectivity index is 1.86. The van der Waals surface area contributed by atoms with E-state index in [1.54, 1.807) is 4.90 Å². The van der Waals surface area contributed by atoms with Crippen molar-refractivity contribution in [2.24, 2.45) is 5.73 Å². The lowest BCUT2D eigenvalue weighted by molar-refractivity contribution is 0.0941. The van der Waals surface area contributed by atoms with Crippen LogP contribution in [-0.4, -0.2) is 29.6 Å². The van der Waals surface area contributed by atoms with Crippen LogP contribution in [0.1, 0.15) is 18.9 Å². The number of benzene rings is 1. The molecule has 0 radical (unpaired) electrons. The Morgan fingerprint density at radius 2 is 2.18 bits per heavy atom. The first kappa shape index (κ1) is 11.9. The summed E-state index contributed by atoms with van der Waals surface area (Å²) in [4.78, 5) is 13.5. The standard InChI is InChI=1S/C13H18N2O2/c1-10-7-12(14)8-15(10)13(16)17-9-11-5-3-2-4-6-11/h2-6,10,12H,7-9,14H2,1H3/t10-,12+/m1/s1. The van der Waals surface area contributed by atoms with E-state index in [1.807, 2.05) is 37.3 Å². The van der Waals surface area contributed by atoms with Crippen molar-refractivity contribution in [1.29, 1.82) is 0 Å². The minimum atomic E-state index is -0.269. The molecule has 4 nitrogen and oxygen atoms in total. The second-order valence-electron chi connectivity index (χ2n) is 4.54. The van der Waals surface area contributed by atoms with Gasteiger partial charge in [0.05, 0.1) is 0 Å². The van der Waals surface area contributed by atoms with Gasteiger partial charge in [0.2, 0.25) is 0 Å². The van der Waals surface area contributed by atoms with Crippen LogP contribution < -0.4 is 5.73 Å². The van der Waals surface area contributed by atoms with Crippen LogP contribution in [0.3, 0.4) is 0 Å². The lowest BCUT2D eigenvalue weighted by atomic mass is 10.2. The lowest BCUT2D eigenvalue weighted by Crippen LogP contribution is -2.35. The SMILES string of the molecule is C[C@@H]1C[C@H](N)CN1C(=O)OCc1ccccc1. The predicted molar refractivity (Wildman–Crippen MR) is 65.4 cm³/mol. The number of amides is 1. The average molecular weight is 234 g/mol. The zero-order valence-corrected chi connectivity index (χ0v) is 10.0. The molecule has 1 saturated heterocycles. The minimum absolute atomic E-state index is 0.0780. The van der Waals surface area contributed by atoms with Crippen LogP contribution in [0.2, 0.25) is 0 Å². The largest absolute Gasteiger partial charge is 0.445 e. The maximum atomic E-state index is 11.8. The van der Waals surface area contributed by atoms with E-state index >= 15 is 0 Å². The molecule has 2 atom stereocenters. The summed E-state index contributed by atoms with van der Waals surface area (Å²) in [6.45, 7) is 2.91. The number of carbonyl (C=O) groups is 1. The zero-order valence-electron chi connectivity index (χ0n) is 10.0. The highest BCUT2D eigenvalue weighted by molar-refractivity contribution is 5.68. The predicted octanol–water partition coefficient (Wildman–Crippen LogP) is 1.74. The quantitative estimate of drug-likeness (QED) is 0.848. The first-order chi connectivity index (χ1) is 8.16. The Labute approximate surface area is 101 Å². The van der Waals surface area contributed by atoms with Crippen molar-refractivity contribution >= 4 is 6.09 Å². The number of ether oxygens (including phenoxy) is 1. The zero-order chi connectivity index (χ0) is 12.3. The Morgan fingerprint density at radius 3 is 2.76 bits per heavy atom. The van der Waals surface area contributed by atoms with Crippen LogP contribution in [0.15, 0.2) is 30.3 Å². The summed E-state index contributed by atoms with van der Waals surface area (Å²) in [6.07, 6.45) is 0.578. The van der Waals surface area contributed by atoms with E-state index in [4.69, 9.17) is 10.5 Å². The fourth-order valence-corrected chi connectivity index (χ4v) is 2.13. The van der Waals surface area contributed by atoms with Gasteiger partial charge >= 0.3 is 6.09 Å². The molecule has 0 bridgehead atoms. The molecule has 0 saturated carbocycles. The maximum Gasteiger partial charge on any atom is 0.410 e. The van der Waals surface area contributed by atoms with Crippen LogP contribution in [0, 0.1) is 0 Å². The van der Waals surface area contributed by atoms with Crippen molar-refractivity contribution in [3.63, 3.8) is 0 Å². The molecule has 0 aliphatic carbocycles. The summed E-state index contributed by atoms with van der Waals surface area (Å²) in [5.74, 6) is 0. The number of rotatable bonds is 2. The van der Waals surface area contributed by atoms with Crippen LogP contribution >= 0.6 is 0 Å². The molecule has 0 spiro atoms. The average Bonchev–Trinajstić information content (AvgIpc) is 2.67. The van der Waals surface area contributed by atoms with Gasteiger partial charge in [-0.2, -0.15) is 0 Å². The Kier molecular flexibility index (Phi) is 3.64. The molecule has 1 amide bonds. The van der Waals surface area contributed by atoms with E-state index in [0.717, 1.165) is 12.0 Å². The Hall–Kier alpha value is -1.55. The van der Waals surface area contributed by atoms with Gasteiger partial charge in [-0.1, -0.05) is 30.3 Å². The number of carbonyl (C=O) groups excluding carboxylic acids is 1. The van der Waals surface area contributed by atoms with E-state index in [9.17, 15) is 4.79 Å². The molecule has 1 fully saturated rings. The molecule has 17 heavy (non-hydrogen) atoms. The van der Waals surface area contributed by atoms with Gasteiger partial charge in [0.25, 0.3) is 0 Å². The van der Waals surface area contributed by atoms with E-state index < -0.39 is 0 Å². The van der Waals surface area contributed by atoms with Gasteiger partial charge in [0, 0.05) is 18.6 Å². The van der Waals surface area contributed by atoms with Crippen molar-refractivity contribution in [3.05, 3.63) is 35.9 Å². The molecule has 1 aromatic carbocycles. The van der Waals surface area contributed by atoms with E-state index in [-0.39, 0.29) is 18.2 Å². The number of nitrogens with zero attached hydrogens (tertiary/aromatic N) is 1. The molecule has 2 N–H and O–H groups in total. The third kappa shape index (κ3) is 2.97. The molecule has 1 aliphatic heterocycles. The normalized spacial score (nSPS) is 23.8. The van der Waals surface area contributed by atoms with Gasteiger partial charge in [-0.25, -0.2) is 4.79 Å². The third-order valence-corrected chi connectivity index (χ3v) is 3.05.